The highest BCUT2D eigenvalue weighted by molar-refractivity contribution is 7.16. The SMILES string of the molecule is CN(C)CCO.CN(C)CCOc1ncc(CN(C)C(=O)c2ccc3c(c2)NC(=O)c2ccccc2O3)s1.CN(Cc1cnc(Cl)s1)C(=O)c1ccc2c(c1)NC(=O)c1ccccc1O2.CNCc1cnc(Cl)s1. The van der Waals surface area contributed by atoms with Crippen molar-refractivity contribution in [3.63, 3.8) is 0 Å². The molecule has 390 valence electrons. The fourth-order valence-electron chi connectivity index (χ4n) is 6.70. The summed E-state index contributed by atoms with van der Waals surface area (Å²) in [5, 5.41) is 17.4. The number of thiazole rings is 3. The normalized spacial score (nSPS) is 11.8. The van der Waals surface area contributed by atoms with Crippen molar-refractivity contribution >= 4 is 92.2 Å². The number of anilines is 2. The van der Waals surface area contributed by atoms with Crippen molar-refractivity contribution in [3.05, 3.63) is 149 Å². The predicted molar refractivity (Wildman–Crippen MR) is 292 cm³/mol. The van der Waals surface area contributed by atoms with Crippen LogP contribution in [-0.4, -0.2) is 139 Å². The van der Waals surface area contributed by atoms with E-state index >= 15 is 0 Å². The van der Waals surface area contributed by atoms with Gasteiger partial charge < -0.3 is 54.9 Å². The predicted octanol–water partition coefficient (Wildman–Crippen LogP) is 9.20. The van der Waals surface area contributed by atoms with E-state index in [9.17, 15) is 19.2 Å². The molecule has 4 amide bonds. The van der Waals surface area contributed by atoms with E-state index in [1.54, 1.807) is 121 Å². The van der Waals surface area contributed by atoms with Crippen LogP contribution in [0.25, 0.3) is 0 Å². The molecule has 2 aliphatic rings. The Balaban J connectivity index is 0.000000190. The number of ether oxygens (including phenoxy) is 3. The maximum atomic E-state index is 13.0. The second-order valence-corrected chi connectivity index (χ2v) is 21.3. The Bertz CT molecular complexity index is 3020. The molecule has 23 heteroatoms. The number of hydrogen-bond acceptors (Lipinski definition) is 17. The van der Waals surface area contributed by atoms with Crippen LogP contribution in [0.3, 0.4) is 0 Å². The molecule has 3 aromatic heterocycles. The maximum Gasteiger partial charge on any atom is 0.273 e. The molecule has 0 aliphatic carbocycles. The van der Waals surface area contributed by atoms with Gasteiger partial charge in [0.15, 0.2) is 20.4 Å². The number of carbonyl (C=O) groups is 4. The topological polar surface area (TPSA) is 204 Å². The van der Waals surface area contributed by atoms with E-state index in [0.29, 0.717) is 90.5 Å². The lowest BCUT2D eigenvalue weighted by atomic mass is 10.1. The Labute approximate surface area is 451 Å². The molecule has 0 unspecified atom stereocenters. The first-order chi connectivity index (χ1) is 35.5. The Hall–Kier alpha value is -6.53. The van der Waals surface area contributed by atoms with Crippen LogP contribution in [0.5, 0.6) is 28.2 Å². The third-order valence-electron chi connectivity index (χ3n) is 10.4. The minimum absolute atomic E-state index is 0.174. The Morgan fingerprint density at radius 1 is 0.635 bits per heavy atom. The van der Waals surface area contributed by atoms with Crippen LogP contribution < -0.4 is 30.2 Å². The number of aromatic nitrogens is 3. The fourth-order valence-corrected chi connectivity index (χ4v) is 9.55. The number of aliphatic hydroxyl groups is 1. The Kier molecular flexibility index (Phi) is 21.2. The number of nitrogens with zero attached hydrogens (tertiary/aromatic N) is 7. The third-order valence-corrected chi connectivity index (χ3v) is 13.5. The van der Waals surface area contributed by atoms with E-state index in [1.165, 1.54) is 38.9 Å². The number of aliphatic hydroxyl groups excluding tert-OH is 1. The lowest BCUT2D eigenvalue weighted by Crippen LogP contribution is -2.26. The molecule has 0 saturated heterocycles. The van der Waals surface area contributed by atoms with Gasteiger partial charge in [0.05, 0.1) is 42.2 Å². The van der Waals surface area contributed by atoms with Gasteiger partial charge in [0.25, 0.3) is 28.8 Å². The minimum Gasteiger partial charge on any atom is -0.469 e. The van der Waals surface area contributed by atoms with Gasteiger partial charge in [-0.25, -0.2) is 15.0 Å². The van der Waals surface area contributed by atoms with Crippen molar-refractivity contribution in [2.24, 2.45) is 0 Å². The number of fused-ring (bicyclic) bond motifs is 4. The number of nitrogens with one attached hydrogen (secondary N) is 3. The number of hydrogen-bond donors (Lipinski definition) is 4. The molecule has 2 aliphatic heterocycles. The monoisotopic (exact) mass is 1100 g/mol. The van der Waals surface area contributed by atoms with E-state index in [4.69, 9.17) is 42.5 Å². The smallest absolute Gasteiger partial charge is 0.273 e. The summed E-state index contributed by atoms with van der Waals surface area (Å²) in [7, 11) is 13.1. The summed E-state index contributed by atoms with van der Waals surface area (Å²) in [5.41, 5.74) is 2.70. The van der Waals surface area contributed by atoms with Crippen LogP contribution in [0.4, 0.5) is 11.4 Å². The van der Waals surface area contributed by atoms with E-state index in [0.717, 1.165) is 29.4 Å². The lowest BCUT2D eigenvalue weighted by molar-refractivity contribution is 0.0779. The fraction of sp³-hybridized carbons (Fsp3) is 0.275. The number of para-hydroxylation sites is 2. The molecule has 0 bridgehead atoms. The van der Waals surface area contributed by atoms with E-state index in [-0.39, 0.29) is 30.2 Å². The van der Waals surface area contributed by atoms with Gasteiger partial charge in [-0.05, 0) is 95.9 Å². The summed E-state index contributed by atoms with van der Waals surface area (Å²) >= 11 is 15.7. The number of halogens is 2. The lowest BCUT2D eigenvalue weighted by Gasteiger charge is -2.17. The highest BCUT2D eigenvalue weighted by Gasteiger charge is 2.25. The maximum absolute atomic E-state index is 13.0. The molecule has 9 rings (SSSR count). The molecule has 0 atom stereocenters. The van der Waals surface area contributed by atoms with Crippen molar-refractivity contribution in [3.8, 4) is 28.2 Å². The van der Waals surface area contributed by atoms with Gasteiger partial charge >= 0.3 is 0 Å². The molecule has 0 radical (unpaired) electrons. The van der Waals surface area contributed by atoms with Crippen LogP contribution in [0.15, 0.2) is 104 Å². The molecule has 74 heavy (non-hydrogen) atoms. The van der Waals surface area contributed by atoms with E-state index in [2.05, 4.69) is 30.9 Å². The largest absolute Gasteiger partial charge is 0.469 e. The Morgan fingerprint density at radius 3 is 1.53 bits per heavy atom. The van der Waals surface area contributed by atoms with E-state index < -0.39 is 0 Å². The number of rotatable bonds is 14. The first-order valence-electron chi connectivity index (χ1n) is 22.8. The molecule has 0 spiro atoms. The molecule has 0 fully saturated rings. The van der Waals surface area contributed by atoms with Crippen LogP contribution in [0.2, 0.25) is 8.93 Å². The van der Waals surface area contributed by atoms with Crippen LogP contribution in [0.1, 0.15) is 56.1 Å². The van der Waals surface area contributed by atoms with Gasteiger partial charge in [-0.2, -0.15) is 0 Å². The highest BCUT2D eigenvalue weighted by Crippen LogP contribution is 2.38. The first kappa shape index (κ1) is 56.8. The molecule has 0 saturated carbocycles. The molecule has 18 nitrogen and oxygen atoms in total. The number of benzene rings is 4. The zero-order valence-electron chi connectivity index (χ0n) is 41.7. The minimum atomic E-state index is -0.276. The molecule has 7 aromatic rings. The molecular formula is C51H56Cl2N10O8S3. The van der Waals surface area contributed by atoms with Crippen molar-refractivity contribution in [1.82, 2.24) is 39.9 Å². The van der Waals surface area contributed by atoms with Crippen molar-refractivity contribution in [1.29, 1.82) is 0 Å². The van der Waals surface area contributed by atoms with Crippen LogP contribution in [0, 0.1) is 0 Å². The second-order valence-electron chi connectivity index (χ2n) is 16.8. The molecule has 5 heterocycles. The molecule has 4 aromatic carbocycles. The van der Waals surface area contributed by atoms with Crippen molar-refractivity contribution < 1.29 is 38.5 Å². The summed E-state index contributed by atoms with van der Waals surface area (Å²) < 4.78 is 18.4. The summed E-state index contributed by atoms with van der Waals surface area (Å²) in [5.74, 6) is 1.03. The third kappa shape index (κ3) is 16.5. The molecular weight excluding hydrogens is 1050 g/mol. The number of likely N-dealkylation sites (N-methyl/N-ethyl adjacent to an activating group) is 2. The van der Waals surface area contributed by atoms with Gasteiger partial charge in [0.1, 0.15) is 18.1 Å². The van der Waals surface area contributed by atoms with Gasteiger partial charge in [-0.3, -0.25) is 19.2 Å². The number of carbonyl (C=O) groups excluding carboxylic acids is 4. The van der Waals surface area contributed by atoms with E-state index in [1.807, 2.05) is 51.1 Å². The van der Waals surface area contributed by atoms with Gasteiger partial charge in [-0.15, -0.1) is 22.7 Å². The van der Waals surface area contributed by atoms with Crippen LogP contribution in [-0.2, 0) is 19.6 Å². The molecule has 4 N–H and O–H groups in total. The zero-order valence-corrected chi connectivity index (χ0v) is 45.6. The van der Waals surface area contributed by atoms with Gasteiger partial charge in [0.2, 0.25) is 0 Å². The Morgan fingerprint density at radius 2 is 1.09 bits per heavy atom. The average Bonchev–Trinajstić information content (AvgIpc) is 4.08. The average molecular weight is 1100 g/mol. The van der Waals surface area contributed by atoms with Crippen molar-refractivity contribution in [2.75, 3.05) is 86.3 Å². The first-order valence-corrected chi connectivity index (χ1v) is 26.0. The number of amides is 4. The quantitative estimate of drug-likeness (QED) is 0.0802. The zero-order chi connectivity index (χ0) is 53.3. The van der Waals surface area contributed by atoms with Gasteiger partial charge in [0, 0.05) is 78.1 Å². The summed E-state index contributed by atoms with van der Waals surface area (Å²) in [6, 6.07) is 24.0. The summed E-state index contributed by atoms with van der Waals surface area (Å²) in [6.07, 6.45) is 5.16. The van der Waals surface area contributed by atoms with Gasteiger partial charge in [-0.1, -0.05) is 58.8 Å². The van der Waals surface area contributed by atoms with Crippen LogP contribution >= 0.6 is 57.2 Å². The second kappa shape index (κ2) is 27.7. The highest BCUT2D eigenvalue weighted by atomic mass is 35.5. The van der Waals surface area contributed by atoms with Crippen molar-refractivity contribution in [2.45, 2.75) is 19.6 Å². The summed E-state index contributed by atoms with van der Waals surface area (Å²) in [4.78, 5) is 72.9. The standard InChI is InChI=1S/C23H24N4O4S.C19H14ClN3O3S.C5H7ClN2S.C4H11NO/c1-26(2)10-11-30-23-24-13-16(32-23)14-27(3)22(29)15-8-9-20-18(12-15)25-21(28)17-6-4-5-7-19(17)31-20;1-23(10-12-9-21-19(20)27-12)18(25)11-6-7-16-14(8-11)22-17(24)13-4-2-3-5-15(13)26-16;1-7-2-4-3-8-5(6)9-4;1-5(2)3-4-6/h4-9,12-13H,10-11,14H2,1-3H3,(H,25,28);2-9H,10H2,1H3,(H,22,24);3,7H,2H2,1H3;6H,3-4H2,1-2H3. The summed E-state index contributed by atoms with van der Waals surface area (Å²) in [6.45, 7) is 4.03.